The molecule has 94 valence electrons. The molecule has 0 spiro atoms. The number of thiazole rings is 1. The minimum Gasteiger partial charge on any atom is -0.382 e. The Balaban J connectivity index is 1.91. The minimum absolute atomic E-state index is 0.00512. The molecule has 1 atom stereocenters. The summed E-state index contributed by atoms with van der Waals surface area (Å²) in [6.07, 6.45) is 5.23. The number of ether oxygens (including phenoxy) is 1. The van der Waals surface area contributed by atoms with Crippen molar-refractivity contribution < 1.29 is 4.74 Å². The largest absolute Gasteiger partial charge is 0.382 e. The summed E-state index contributed by atoms with van der Waals surface area (Å²) in [5, 5.41) is 7.20. The molecule has 0 bridgehead atoms. The number of aryl methyl sites for hydroxylation is 1. The molecule has 1 aromatic heterocycles. The molecule has 3 rings (SSSR count). The van der Waals surface area contributed by atoms with Gasteiger partial charge < -0.3 is 10.1 Å². The van der Waals surface area contributed by atoms with Crippen molar-refractivity contribution in [2.24, 2.45) is 5.92 Å². The molecule has 0 aliphatic heterocycles. The zero-order chi connectivity index (χ0) is 11.9. The molecule has 3 nitrogen and oxygen atoms in total. The molecule has 2 saturated carbocycles. The molecule has 1 aromatic rings. The Labute approximate surface area is 107 Å². The quantitative estimate of drug-likeness (QED) is 0.844. The molecule has 2 fully saturated rings. The summed E-state index contributed by atoms with van der Waals surface area (Å²) >= 11 is 1.78. The number of hydrogen-bond donors (Lipinski definition) is 1. The first-order valence-electron chi connectivity index (χ1n) is 6.44. The highest BCUT2D eigenvalue weighted by Crippen LogP contribution is 2.48. The number of nitrogens with zero attached hydrogens (tertiary/aromatic N) is 1. The highest BCUT2D eigenvalue weighted by molar-refractivity contribution is 7.09. The van der Waals surface area contributed by atoms with E-state index in [1.165, 1.54) is 30.7 Å². The monoisotopic (exact) mass is 252 g/mol. The fourth-order valence-electron chi connectivity index (χ4n) is 2.53. The molecule has 1 heterocycles. The minimum atomic E-state index is -0.00512. The van der Waals surface area contributed by atoms with Gasteiger partial charge in [-0.1, -0.05) is 0 Å². The SMILES string of the molecule is COCC(NC1CC1)(c1nc(C)cs1)C1CC1. The van der Waals surface area contributed by atoms with E-state index in [0.717, 1.165) is 12.3 Å². The fourth-order valence-corrected chi connectivity index (χ4v) is 3.56. The third kappa shape index (κ3) is 2.26. The summed E-state index contributed by atoms with van der Waals surface area (Å²) in [6.45, 7) is 2.82. The van der Waals surface area contributed by atoms with Crippen molar-refractivity contribution >= 4 is 11.3 Å². The third-order valence-corrected chi connectivity index (χ3v) is 4.82. The van der Waals surface area contributed by atoms with Crippen LogP contribution in [0.3, 0.4) is 0 Å². The maximum atomic E-state index is 5.51. The Kier molecular flexibility index (Phi) is 2.97. The van der Waals surface area contributed by atoms with E-state index in [2.05, 4.69) is 17.6 Å². The number of methoxy groups -OCH3 is 1. The summed E-state index contributed by atoms with van der Waals surface area (Å²) in [5.74, 6) is 0.716. The molecule has 17 heavy (non-hydrogen) atoms. The van der Waals surface area contributed by atoms with Gasteiger partial charge in [0.05, 0.1) is 12.1 Å². The highest BCUT2D eigenvalue weighted by Gasteiger charge is 2.50. The van der Waals surface area contributed by atoms with Crippen molar-refractivity contribution in [2.75, 3.05) is 13.7 Å². The van der Waals surface area contributed by atoms with Gasteiger partial charge in [-0.2, -0.15) is 0 Å². The lowest BCUT2D eigenvalue weighted by molar-refractivity contribution is 0.0908. The van der Waals surface area contributed by atoms with Crippen LogP contribution in [0.5, 0.6) is 0 Å². The number of rotatable bonds is 6. The van der Waals surface area contributed by atoms with Crippen LogP contribution >= 0.6 is 11.3 Å². The van der Waals surface area contributed by atoms with Gasteiger partial charge in [0, 0.05) is 24.2 Å². The van der Waals surface area contributed by atoms with E-state index in [9.17, 15) is 0 Å². The molecule has 2 aliphatic rings. The molecule has 2 aliphatic carbocycles. The Morgan fingerprint density at radius 3 is 2.71 bits per heavy atom. The van der Waals surface area contributed by atoms with E-state index < -0.39 is 0 Å². The van der Waals surface area contributed by atoms with Crippen LogP contribution in [-0.2, 0) is 10.3 Å². The van der Waals surface area contributed by atoms with Gasteiger partial charge in [0.1, 0.15) is 5.01 Å². The van der Waals surface area contributed by atoms with Crippen LogP contribution in [-0.4, -0.2) is 24.7 Å². The molecule has 0 radical (unpaired) electrons. The average Bonchev–Trinajstić information content (AvgIpc) is 3.19. The van der Waals surface area contributed by atoms with E-state index in [-0.39, 0.29) is 5.54 Å². The lowest BCUT2D eigenvalue weighted by atomic mass is 9.94. The van der Waals surface area contributed by atoms with Crippen LogP contribution in [0.4, 0.5) is 0 Å². The van der Waals surface area contributed by atoms with Crippen LogP contribution < -0.4 is 5.32 Å². The number of nitrogens with one attached hydrogen (secondary N) is 1. The Hall–Kier alpha value is -0.450. The summed E-state index contributed by atoms with van der Waals surface area (Å²) in [6, 6.07) is 0.690. The normalized spacial score (nSPS) is 23.6. The van der Waals surface area contributed by atoms with Crippen LogP contribution in [0.15, 0.2) is 5.38 Å². The first-order chi connectivity index (χ1) is 8.24. The first kappa shape index (κ1) is 11.6. The van der Waals surface area contributed by atoms with Gasteiger partial charge >= 0.3 is 0 Å². The molecule has 0 saturated heterocycles. The van der Waals surface area contributed by atoms with E-state index in [4.69, 9.17) is 9.72 Å². The van der Waals surface area contributed by atoms with Gasteiger partial charge in [0.25, 0.3) is 0 Å². The smallest absolute Gasteiger partial charge is 0.116 e. The standard InChI is InChI=1S/C13H20N2OS/c1-9-7-17-12(14-9)13(8-16-2,10-3-4-10)15-11-5-6-11/h7,10-11,15H,3-6,8H2,1-2H3. The molecule has 1 N–H and O–H groups in total. The maximum absolute atomic E-state index is 5.51. The van der Waals surface area contributed by atoms with Gasteiger partial charge in [-0.3, -0.25) is 0 Å². The number of aromatic nitrogens is 1. The highest BCUT2D eigenvalue weighted by atomic mass is 32.1. The Morgan fingerprint density at radius 2 is 2.24 bits per heavy atom. The third-order valence-electron chi connectivity index (χ3n) is 3.69. The summed E-state index contributed by atoms with van der Waals surface area (Å²) in [4.78, 5) is 4.72. The molecule has 1 unspecified atom stereocenters. The Morgan fingerprint density at radius 1 is 1.47 bits per heavy atom. The zero-order valence-corrected chi connectivity index (χ0v) is 11.3. The summed E-state index contributed by atoms with van der Waals surface area (Å²) < 4.78 is 5.51. The average molecular weight is 252 g/mol. The summed E-state index contributed by atoms with van der Waals surface area (Å²) in [7, 11) is 1.80. The van der Waals surface area contributed by atoms with Crippen molar-refractivity contribution in [1.82, 2.24) is 10.3 Å². The molecule has 0 amide bonds. The van der Waals surface area contributed by atoms with Crippen molar-refractivity contribution in [3.63, 3.8) is 0 Å². The van der Waals surface area contributed by atoms with Crippen molar-refractivity contribution in [3.8, 4) is 0 Å². The van der Waals surface area contributed by atoms with E-state index in [1.54, 1.807) is 18.4 Å². The second-order valence-corrected chi connectivity index (χ2v) is 6.25. The summed E-state index contributed by atoms with van der Waals surface area (Å²) in [5.41, 5.74) is 1.12. The van der Waals surface area contributed by atoms with Crippen LogP contribution in [0.1, 0.15) is 36.4 Å². The van der Waals surface area contributed by atoms with Crippen LogP contribution in [0.2, 0.25) is 0 Å². The Bertz CT molecular complexity index is 398. The number of hydrogen-bond acceptors (Lipinski definition) is 4. The maximum Gasteiger partial charge on any atom is 0.116 e. The predicted molar refractivity (Wildman–Crippen MR) is 69.3 cm³/mol. The lowest BCUT2D eigenvalue weighted by Crippen LogP contribution is -2.49. The van der Waals surface area contributed by atoms with Crippen molar-refractivity contribution in [3.05, 3.63) is 16.1 Å². The molecule has 4 heteroatoms. The second kappa shape index (κ2) is 4.34. The van der Waals surface area contributed by atoms with Gasteiger partial charge in [0.15, 0.2) is 0 Å². The van der Waals surface area contributed by atoms with Gasteiger partial charge in [-0.15, -0.1) is 11.3 Å². The van der Waals surface area contributed by atoms with Crippen LogP contribution in [0, 0.1) is 12.8 Å². The van der Waals surface area contributed by atoms with Crippen LogP contribution in [0.25, 0.3) is 0 Å². The first-order valence-corrected chi connectivity index (χ1v) is 7.32. The molecular formula is C13H20N2OS. The van der Waals surface area contributed by atoms with E-state index in [1.807, 2.05) is 0 Å². The van der Waals surface area contributed by atoms with E-state index >= 15 is 0 Å². The second-order valence-electron chi connectivity index (χ2n) is 5.39. The van der Waals surface area contributed by atoms with Crippen molar-refractivity contribution in [1.29, 1.82) is 0 Å². The molecule has 0 aromatic carbocycles. The van der Waals surface area contributed by atoms with Crippen molar-refractivity contribution in [2.45, 2.75) is 44.2 Å². The topological polar surface area (TPSA) is 34.1 Å². The lowest BCUT2D eigenvalue weighted by Gasteiger charge is -2.33. The predicted octanol–water partition coefficient (Wildman–Crippen LogP) is 2.46. The van der Waals surface area contributed by atoms with E-state index in [0.29, 0.717) is 12.0 Å². The van der Waals surface area contributed by atoms with Gasteiger partial charge in [-0.25, -0.2) is 4.98 Å². The zero-order valence-electron chi connectivity index (χ0n) is 10.5. The van der Waals surface area contributed by atoms with Gasteiger partial charge in [0.2, 0.25) is 0 Å². The molecular weight excluding hydrogens is 232 g/mol. The van der Waals surface area contributed by atoms with Gasteiger partial charge in [-0.05, 0) is 38.5 Å². The fraction of sp³-hybridized carbons (Fsp3) is 0.769.